The number of aryl methyl sites for hydroxylation is 2. The van der Waals surface area contributed by atoms with Crippen LogP contribution in [0.5, 0.6) is 0 Å². The van der Waals surface area contributed by atoms with E-state index >= 15 is 0 Å². The van der Waals surface area contributed by atoms with E-state index in [1.165, 1.54) is 9.80 Å². The van der Waals surface area contributed by atoms with Gasteiger partial charge in [0, 0.05) is 47.6 Å². The van der Waals surface area contributed by atoms with Gasteiger partial charge in [-0.05, 0) is 49.4 Å². The lowest BCUT2D eigenvalue weighted by molar-refractivity contribution is -0.165. The maximum absolute atomic E-state index is 13.1. The summed E-state index contributed by atoms with van der Waals surface area (Å²) in [5, 5.41) is 1.44. The highest BCUT2D eigenvalue weighted by Crippen LogP contribution is 2.30. The van der Waals surface area contributed by atoms with E-state index in [4.69, 9.17) is 0 Å². The van der Waals surface area contributed by atoms with Crippen LogP contribution in [0.25, 0.3) is 10.8 Å². The van der Waals surface area contributed by atoms with Crippen molar-refractivity contribution >= 4 is 34.1 Å². The fourth-order valence-corrected chi connectivity index (χ4v) is 4.34. The molecule has 1 aliphatic heterocycles. The number of hydrogen-bond acceptors (Lipinski definition) is 4. The van der Waals surface area contributed by atoms with Crippen LogP contribution in [0.15, 0.2) is 66.9 Å². The highest BCUT2D eigenvalue weighted by Gasteiger charge is 2.36. The van der Waals surface area contributed by atoms with Crippen molar-refractivity contribution < 1.29 is 27.6 Å². The molecule has 0 bridgehead atoms. The third-order valence-electron chi connectivity index (χ3n) is 5.98. The second kappa shape index (κ2) is 9.37. The summed E-state index contributed by atoms with van der Waals surface area (Å²) in [7, 11) is 0. The molecule has 8 heteroatoms. The van der Waals surface area contributed by atoms with Crippen molar-refractivity contribution in [2.75, 3.05) is 18.0 Å². The van der Waals surface area contributed by atoms with Gasteiger partial charge < -0.3 is 4.90 Å². The smallest absolute Gasteiger partial charge is 0.348 e. The Kier molecular flexibility index (Phi) is 6.47. The van der Waals surface area contributed by atoms with E-state index in [2.05, 4.69) is 0 Å². The van der Waals surface area contributed by atoms with Crippen LogP contribution in [0, 0.1) is 13.8 Å². The standard InChI is InChI=1S/C27H23F3N2O3/c1-17-10-11-22(18(2)16-17)31(15-12-23(33)27(28,29)30)13-5-14-32-25(34)20-8-3-6-19-7-4-9-21(24(19)20)26(32)35/h3-4,6-12,15-16H,5,13-14H2,1-2H3/b15-12+. The lowest BCUT2D eigenvalue weighted by Crippen LogP contribution is -2.41. The van der Waals surface area contributed by atoms with E-state index in [-0.39, 0.29) is 19.5 Å². The van der Waals surface area contributed by atoms with Gasteiger partial charge in [-0.25, -0.2) is 0 Å². The van der Waals surface area contributed by atoms with Crippen LogP contribution in [0.4, 0.5) is 18.9 Å². The number of ketones is 1. The van der Waals surface area contributed by atoms with Gasteiger partial charge in [0.05, 0.1) is 0 Å². The number of carbonyl (C=O) groups is 3. The molecule has 35 heavy (non-hydrogen) atoms. The van der Waals surface area contributed by atoms with Crippen LogP contribution < -0.4 is 4.90 Å². The first-order valence-corrected chi connectivity index (χ1v) is 11.1. The lowest BCUT2D eigenvalue weighted by atomic mass is 9.94. The van der Waals surface area contributed by atoms with Crippen LogP contribution in [0.1, 0.15) is 38.3 Å². The van der Waals surface area contributed by atoms with Crippen molar-refractivity contribution in [3.05, 3.63) is 89.1 Å². The fourth-order valence-electron chi connectivity index (χ4n) is 4.34. The minimum atomic E-state index is -4.97. The molecule has 0 fully saturated rings. The third-order valence-corrected chi connectivity index (χ3v) is 5.98. The third kappa shape index (κ3) is 4.82. The number of anilines is 1. The summed E-state index contributed by atoms with van der Waals surface area (Å²) in [4.78, 5) is 40.3. The predicted octanol–water partition coefficient (Wildman–Crippen LogP) is 5.59. The lowest BCUT2D eigenvalue weighted by Gasteiger charge is -2.28. The molecule has 5 nitrogen and oxygen atoms in total. The van der Waals surface area contributed by atoms with E-state index < -0.39 is 23.8 Å². The van der Waals surface area contributed by atoms with E-state index in [0.717, 1.165) is 22.7 Å². The van der Waals surface area contributed by atoms with E-state index in [1.807, 2.05) is 38.1 Å². The van der Waals surface area contributed by atoms with Crippen molar-refractivity contribution in [1.29, 1.82) is 0 Å². The van der Waals surface area contributed by atoms with Gasteiger partial charge in [-0.3, -0.25) is 19.3 Å². The molecule has 0 radical (unpaired) electrons. The largest absolute Gasteiger partial charge is 0.454 e. The molecule has 0 aromatic heterocycles. The molecule has 0 unspecified atom stereocenters. The summed E-state index contributed by atoms with van der Waals surface area (Å²) in [6, 6.07) is 16.0. The first kappa shape index (κ1) is 24.2. The summed E-state index contributed by atoms with van der Waals surface area (Å²) < 4.78 is 38.2. The van der Waals surface area contributed by atoms with E-state index in [9.17, 15) is 27.6 Å². The second-order valence-electron chi connectivity index (χ2n) is 8.49. The van der Waals surface area contributed by atoms with Crippen molar-refractivity contribution in [3.63, 3.8) is 0 Å². The number of benzene rings is 3. The Labute approximate surface area is 200 Å². The summed E-state index contributed by atoms with van der Waals surface area (Å²) in [5.41, 5.74) is 3.33. The topological polar surface area (TPSA) is 57.7 Å². The average Bonchev–Trinajstić information content (AvgIpc) is 2.81. The van der Waals surface area contributed by atoms with Crippen molar-refractivity contribution in [2.45, 2.75) is 26.4 Å². The molecule has 4 rings (SSSR count). The number of imide groups is 1. The van der Waals surface area contributed by atoms with Crippen LogP contribution in [0.2, 0.25) is 0 Å². The minimum Gasteiger partial charge on any atom is -0.348 e. The van der Waals surface area contributed by atoms with E-state index in [0.29, 0.717) is 28.3 Å². The molecule has 3 aromatic carbocycles. The van der Waals surface area contributed by atoms with Crippen molar-refractivity contribution in [2.24, 2.45) is 0 Å². The zero-order chi connectivity index (χ0) is 25.3. The van der Waals surface area contributed by atoms with Crippen LogP contribution in [0.3, 0.4) is 0 Å². The van der Waals surface area contributed by atoms with Gasteiger partial charge in [0.25, 0.3) is 17.6 Å². The summed E-state index contributed by atoms with van der Waals surface area (Å²) in [6.07, 6.45) is -3.09. The molecule has 0 saturated heterocycles. The Morgan fingerprint density at radius 2 is 1.60 bits per heavy atom. The number of carbonyl (C=O) groups excluding carboxylic acids is 3. The Bertz CT molecular complexity index is 1310. The van der Waals surface area contributed by atoms with Crippen LogP contribution in [-0.4, -0.2) is 41.8 Å². The SMILES string of the molecule is Cc1ccc(N(/C=C/C(=O)C(F)(F)F)CCCN2C(=O)c3cccc4cccc(c34)C2=O)c(C)c1. The summed E-state index contributed by atoms with van der Waals surface area (Å²) >= 11 is 0. The molecule has 1 heterocycles. The average molecular weight is 480 g/mol. The van der Waals surface area contributed by atoms with Crippen LogP contribution in [-0.2, 0) is 4.79 Å². The molecule has 0 saturated carbocycles. The van der Waals surface area contributed by atoms with Gasteiger partial charge in [0.2, 0.25) is 0 Å². The number of halogens is 3. The zero-order valence-electron chi connectivity index (χ0n) is 19.2. The van der Waals surface area contributed by atoms with Gasteiger partial charge in [-0.1, -0.05) is 42.0 Å². The Balaban J connectivity index is 1.55. The first-order chi connectivity index (χ1) is 16.6. The number of allylic oxidation sites excluding steroid dienone is 1. The number of nitrogens with zero attached hydrogens (tertiary/aromatic N) is 2. The van der Waals surface area contributed by atoms with Crippen LogP contribution >= 0.6 is 0 Å². The van der Waals surface area contributed by atoms with Gasteiger partial charge >= 0.3 is 6.18 Å². The van der Waals surface area contributed by atoms with Gasteiger partial charge in [0.1, 0.15) is 0 Å². The quantitative estimate of drug-likeness (QED) is 0.327. The molecule has 3 aromatic rings. The monoisotopic (exact) mass is 480 g/mol. The summed E-state index contributed by atoms with van der Waals surface area (Å²) in [6.45, 7) is 3.99. The molecule has 0 aliphatic carbocycles. The fraction of sp³-hybridized carbons (Fsp3) is 0.222. The maximum atomic E-state index is 13.1. The molecular weight excluding hydrogens is 457 g/mol. The second-order valence-corrected chi connectivity index (χ2v) is 8.49. The molecule has 2 amide bonds. The number of alkyl halides is 3. The van der Waals surface area contributed by atoms with Crippen molar-refractivity contribution in [3.8, 4) is 0 Å². The Morgan fingerprint density at radius 3 is 2.17 bits per heavy atom. The van der Waals surface area contributed by atoms with Gasteiger partial charge in [-0.2, -0.15) is 13.2 Å². The molecule has 0 spiro atoms. The molecule has 0 atom stereocenters. The Hall–Kier alpha value is -3.94. The van der Waals surface area contributed by atoms with Gasteiger partial charge in [0.15, 0.2) is 0 Å². The molecule has 0 N–H and O–H groups in total. The molecule has 1 aliphatic rings. The highest BCUT2D eigenvalue weighted by molar-refractivity contribution is 6.25. The van der Waals surface area contributed by atoms with Gasteiger partial charge in [-0.15, -0.1) is 0 Å². The highest BCUT2D eigenvalue weighted by atomic mass is 19.4. The van der Waals surface area contributed by atoms with Crippen molar-refractivity contribution in [1.82, 2.24) is 4.90 Å². The number of amides is 2. The molecule has 180 valence electrons. The normalized spacial score (nSPS) is 13.7. The number of rotatable bonds is 7. The first-order valence-electron chi connectivity index (χ1n) is 11.1. The zero-order valence-corrected chi connectivity index (χ0v) is 19.2. The minimum absolute atomic E-state index is 0.0743. The Morgan fingerprint density at radius 1 is 0.971 bits per heavy atom. The maximum Gasteiger partial charge on any atom is 0.454 e. The molecular formula is C27H23F3N2O3. The van der Waals surface area contributed by atoms with E-state index in [1.54, 1.807) is 30.3 Å². The summed E-state index contributed by atoms with van der Waals surface area (Å²) in [5.74, 6) is -2.77. The number of hydrogen-bond donors (Lipinski definition) is 0. The predicted molar refractivity (Wildman–Crippen MR) is 127 cm³/mol.